The number of fused-ring (bicyclic) bond motifs is 1. The zero-order valence-corrected chi connectivity index (χ0v) is 13.8. The molecule has 24 heavy (non-hydrogen) atoms. The molecule has 0 spiro atoms. The van der Waals surface area contributed by atoms with Gasteiger partial charge in [-0.05, 0) is 24.1 Å². The maximum absolute atomic E-state index is 12.4. The van der Waals surface area contributed by atoms with Gasteiger partial charge in [0, 0.05) is 39.3 Å². The van der Waals surface area contributed by atoms with E-state index in [-0.39, 0.29) is 11.9 Å². The van der Waals surface area contributed by atoms with Crippen molar-refractivity contribution in [1.29, 1.82) is 0 Å². The summed E-state index contributed by atoms with van der Waals surface area (Å²) in [5, 5.41) is 0. The van der Waals surface area contributed by atoms with Crippen molar-refractivity contribution in [3.05, 3.63) is 23.8 Å². The summed E-state index contributed by atoms with van der Waals surface area (Å²) in [6.45, 7) is 6.36. The summed E-state index contributed by atoms with van der Waals surface area (Å²) < 4.78 is 11.2. The van der Waals surface area contributed by atoms with Crippen molar-refractivity contribution in [3.63, 3.8) is 0 Å². The van der Waals surface area contributed by atoms with Gasteiger partial charge in [0.05, 0.1) is 0 Å². The molecule has 0 bridgehead atoms. The summed E-state index contributed by atoms with van der Waals surface area (Å²) in [6, 6.07) is 6.09. The van der Waals surface area contributed by atoms with E-state index in [1.165, 1.54) is 5.56 Å². The van der Waals surface area contributed by atoms with E-state index in [2.05, 4.69) is 27.9 Å². The number of ether oxygens (including phenoxy) is 2. The van der Waals surface area contributed by atoms with Crippen LogP contribution < -0.4 is 20.3 Å². The van der Waals surface area contributed by atoms with Crippen LogP contribution in [0.15, 0.2) is 18.2 Å². The minimum absolute atomic E-state index is 0.0608. The fraction of sp³-hybridized carbons (Fsp3) is 0.588. The van der Waals surface area contributed by atoms with Gasteiger partial charge in [0.15, 0.2) is 11.5 Å². The molecule has 1 atom stereocenters. The van der Waals surface area contributed by atoms with E-state index >= 15 is 0 Å². The Balaban J connectivity index is 1.30. The molecule has 7 heteroatoms. The SMILES string of the molecule is O=C(C1CCNN1)N1CCN(Cc2ccc3c(c2)OCCO3)CC1. The van der Waals surface area contributed by atoms with Crippen LogP contribution in [-0.2, 0) is 11.3 Å². The molecule has 1 aromatic carbocycles. The van der Waals surface area contributed by atoms with Crippen molar-refractivity contribution >= 4 is 5.91 Å². The van der Waals surface area contributed by atoms with Crippen LogP contribution in [0.1, 0.15) is 12.0 Å². The maximum atomic E-state index is 12.4. The van der Waals surface area contributed by atoms with E-state index in [0.29, 0.717) is 13.2 Å². The van der Waals surface area contributed by atoms with Gasteiger partial charge in [-0.1, -0.05) is 6.07 Å². The van der Waals surface area contributed by atoms with E-state index in [0.717, 1.165) is 57.2 Å². The third kappa shape index (κ3) is 3.33. The van der Waals surface area contributed by atoms with Crippen LogP contribution in [0.25, 0.3) is 0 Å². The molecule has 3 aliphatic heterocycles. The largest absolute Gasteiger partial charge is 0.486 e. The first-order valence-electron chi connectivity index (χ1n) is 8.68. The van der Waals surface area contributed by atoms with E-state index in [9.17, 15) is 4.79 Å². The highest BCUT2D eigenvalue weighted by molar-refractivity contribution is 5.82. The highest BCUT2D eigenvalue weighted by Crippen LogP contribution is 2.31. The average molecular weight is 332 g/mol. The highest BCUT2D eigenvalue weighted by Gasteiger charge is 2.29. The van der Waals surface area contributed by atoms with Crippen LogP contribution in [0.5, 0.6) is 11.5 Å². The number of benzene rings is 1. The van der Waals surface area contributed by atoms with E-state index < -0.39 is 0 Å². The molecule has 0 aromatic heterocycles. The molecular weight excluding hydrogens is 308 g/mol. The predicted octanol–water partition coefficient (Wildman–Crippen LogP) is -0.0315. The summed E-state index contributed by atoms with van der Waals surface area (Å²) in [7, 11) is 0. The molecule has 1 amide bonds. The number of hydrogen-bond donors (Lipinski definition) is 2. The van der Waals surface area contributed by atoms with Gasteiger partial charge in [0.25, 0.3) is 0 Å². The predicted molar refractivity (Wildman–Crippen MR) is 88.8 cm³/mol. The fourth-order valence-corrected chi connectivity index (χ4v) is 3.46. The second-order valence-corrected chi connectivity index (χ2v) is 6.49. The van der Waals surface area contributed by atoms with Crippen LogP contribution in [-0.4, -0.2) is 67.7 Å². The lowest BCUT2D eigenvalue weighted by Crippen LogP contribution is -2.53. The van der Waals surface area contributed by atoms with Crippen molar-refractivity contribution in [3.8, 4) is 11.5 Å². The molecule has 4 rings (SSSR count). The molecule has 1 unspecified atom stereocenters. The van der Waals surface area contributed by atoms with Gasteiger partial charge < -0.3 is 14.4 Å². The molecular formula is C17H24N4O3. The number of hydrazine groups is 1. The topological polar surface area (TPSA) is 66.1 Å². The third-order valence-corrected chi connectivity index (χ3v) is 4.83. The lowest BCUT2D eigenvalue weighted by molar-refractivity contribution is -0.135. The Morgan fingerprint density at radius 2 is 1.92 bits per heavy atom. The molecule has 1 aromatic rings. The Kier molecular flexibility index (Phi) is 4.55. The molecule has 3 heterocycles. The summed E-state index contributed by atoms with van der Waals surface area (Å²) in [4.78, 5) is 16.8. The maximum Gasteiger partial charge on any atom is 0.241 e. The first-order chi connectivity index (χ1) is 11.8. The van der Waals surface area contributed by atoms with Gasteiger partial charge >= 0.3 is 0 Å². The summed E-state index contributed by atoms with van der Waals surface area (Å²) in [5.74, 6) is 1.89. The molecule has 2 saturated heterocycles. The van der Waals surface area contributed by atoms with Crippen LogP contribution in [0.4, 0.5) is 0 Å². The first-order valence-corrected chi connectivity index (χ1v) is 8.68. The second-order valence-electron chi connectivity index (χ2n) is 6.49. The molecule has 3 aliphatic rings. The zero-order valence-electron chi connectivity index (χ0n) is 13.8. The summed E-state index contributed by atoms with van der Waals surface area (Å²) in [6.07, 6.45) is 0.871. The number of piperazine rings is 1. The smallest absolute Gasteiger partial charge is 0.241 e. The molecule has 0 saturated carbocycles. The van der Waals surface area contributed by atoms with Gasteiger partial charge in [-0.3, -0.25) is 15.1 Å². The highest BCUT2D eigenvalue weighted by atomic mass is 16.6. The lowest BCUT2D eigenvalue weighted by Gasteiger charge is -2.36. The van der Waals surface area contributed by atoms with Gasteiger partial charge in [0.1, 0.15) is 19.3 Å². The van der Waals surface area contributed by atoms with Crippen molar-refractivity contribution in [2.24, 2.45) is 0 Å². The van der Waals surface area contributed by atoms with Gasteiger partial charge in [-0.25, -0.2) is 5.43 Å². The minimum Gasteiger partial charge on any atom is -0.486 e. The summed E-state index contributed by atoms with van der Waals surface area (Å²) >= 11 is 0. The number of rotatable bonds is 3. The van der Waals surface area contributed by atoms with Crippen LogP contribution in [0.2, 0.25) is 0 Å². The average Bonchev–Trinajstić information content (AvgIpc) is 3.16. The monoisotopic (exact) mass is 332 g/mol. The van der Waals surface area contributed by atoms with Crippen molar-refractivity contribution in [2.45, 2.75) is 19.0 Å². The Morgan fingerprint density at radius 3 is 2.67 bits per heavy atom. The Bertz CT molecular complexity index is 595. The number of hydrogen-bond acceptors (Lipinski definition) is 6. The zero-order chi connectivity index (χ0) is 16.4. The number of amides is 1. The van der Waals surface area contributed by atoms with E-state index in [4.69, 9.17) is 9.47 Å². The second kappa shape index (κ2) is 6.96. The first kappa shape index (κ1) is 15.7. The lowest BCUT2D eigenvalue weighted by atomic mass is 10.1. The van der Waals surface area contributed by atoms with Gasteiger partial charge in [-0.2, -0.15) is 0 Å². The molecule has 7 nitrogen and oxygen atoms in total. The third-order valence-electron chi connectivity index (χ3n) is 4.83. The fourth-order valence-electron chi connectivity index (χ4n) is 3.46. The van der Waals surface area contributed by atoms with Crippen LogP contribution in [0, 0.1) is 0 Å². The van der Waals surface area contributed by atoms with Crippen molar-refractivity contribution in [1.82, 2.24) is 20.7 Å². The van der Waals surface area contributed by atoms with Gasteiger partial charge in [0.2, 0.25) is 5.91 Å². The quantitative estimate of drug-likeness (QED) is 0.810. The molecule has 130 valence electrons. The molecule has 2 N–H and O–H groups in total. The van der Waals surface area contributed by atoms with Crippen molar-refractivity contribution in [2.75, 3.05) is 45.9 Å². The van der Waals surface area contributed by atoms with Crippen LogP contribution >= 0.6 is 0 Å². The van der Waals surface area contributed by atoms with E-state index in [1.54, 1.807) is 0 Å². The van der Waals surface area contributed by atoms with Gasteiger partial charge in [-0.15, -0.1) is 0 Å². The van der Waals surface area contributed by atoms with Crippen molar-refractivity contribution < 1.29 is 14.3 Å². The van der Waals surface area contributed by atoms with E-state index in [1.807, 2.05) is 11.0 Å². The molecule has 0 aliphatic carbocycles. The summed E-state index contributed by atoms with van der Waals surface area (Å²) in [5.41, 5.74) is 7.30. The molecule has 2 fully saturated rings. The standard InChI is InChI=1S/C17H24N4O3/c22-17(14-3-4-18-19-14)21-7-5-20(6-8-21)12-13-1-2-15-16(11-13)24-10-9-23-15/h1-2,11,14,18-19H,3-10,12H2. The van der Waals surface area contributed by atoms with Crippen LogP contribution in [0.3, 0.4) is 0 Å². The normalized spacial score (nSPS) is 24.2. The Hall–Kier alpha value is -1.83. The number of nitrogens with one attached hydrogen (secondary N) is 2. The minimum atomic E-state index is -0.0608. The number of carbonyl (C=O) groups excluding carboxylic acids is 1. The Labute approximate surface area is 141 Å². The Morgan fingerprint density at radius 1 is 1.12 bits per heavy atom. The number of carbonyl (C=O) groups is 1. The number of nitrogens with zero attached hydrogens (tertiary/aromatic N) is 2. The molecule has 0 radical (unpaired) electrons.